The summed E-state index contributed by atoms with van der Waals surface area (Å²) >= 11 is 1.38. The SMILES string of the molecule is CC(=O)Nc1ccc(SCC(=O)Nc2ccccc2C(=O)NC2CC2)cc1. The molecule has 1 aliphatic rings. The predicted molar refractivity (Wildman–Crippen MR) is 107 cm³/mol. The summed E-state index contributed by atoms with van der Waals surface area (Å²) in [5.74, 6) is -0.246. The third-order valence-corrected chi connectivity index (χ3v) is 4.91. The standard InChI is InChI=1S/C20H21N3O3S/c1-13(24)21-14-8-10-16(11-9-14)27-12-19(25)23-18-5-3-2-4-17(18)20(26)22-15-6-7-15/h2-5,8-11,15H,6-7,12H2,1H3,(H,21,24)(H,22,26)(H,23,25). The number of carbonyl (C=O) groups is 3. The first-order valence-electron chi connectivity index (χ1n) is 8.71. The Morgan fingerprint density at radius 1 is 1.00 bits per heavy atom. The van der Waals surface area contributed by atoms with E-state index in [4.69, 9.17) is 0 Å². The zero-order valence-corrected chi connectivity index (χ0v) is 15.8. The minimum Gasteiger partial charge on any atom is -0.349 e. The quantitative estimate of drug-likeness (QED) is 0.641. The van der Waals surface area contributed by atoms with Crippen LogP contribution in [-0.2, 0) is 9.59 Å². The van der Waals surface area contributed by atoms with Crippen LogP contribution in [0.5, 0.6) is 0 Å². The molecule has 0 atom stereocenters. The lowest BCUT2D eigenvalue weighted by molar-refractivity contribution is -0.114. The van der Waals surface area contributed by atoms with E-state index < -0.39 is 0 Å². The van der Waals surface area contributed by atoms with E-state index in [0.717, 1.165) is 17.7 Å². The number of carbonyl (C=O) groups excluding carboxylic acids is 3. The highest BCUT2D eigenvalue weighted by molar-refractivity contribution is 8.00. The van der Waals surface area contributed by atoms with Gasteiger partial charge in [-0.05, 0) is 49.2 Å². The lowest BCUT2D eigenvalue weighted by Crippen LogP contribution is -2.27. The highest BCUT2D eigenvalue weighted by Crippen LogP contribution is 2.23. The molecule has 3 rings (SSSR count). The second-order valence-electron chi connectivity index (χ2n) is 6.34. The molecule has 0 bridgehead atoms. The summed E-state index contributed by atoms with van der Waals surface area (Å²) in [4.78, 5) is 36.5. The van der Waals surface area contributed by atoms with Gasteiger partial charge in [0, 0.05) is 23.5 Å². The van der Waals surface area contributed by atoms with Crippen LogP contribution < -0.4 is 16.0 Å². The second-order valence-corrected chi connectivity index (χ2v) is 7.38. The molecule has 3 amide bonds. The fourth-order valence-electron chi connectivity index (χ4n) is 2.45. The summed E-state index contributed by atoms with van der Waals surface area (Å²) in [7, 11) is 0. The Labute approximate surface area is 162 Å². The van der Waals surface area contributed by atoms with E-state index >= 15 is 0 Å². The third-order valence-electron chi connectivity index (χ3n) is 3.90. The number of rotatable bonds is 7. The Morgan fingerprint density at radius 2 is 1.70 bits per heavy atom. The van der Waals surface area contributed by atoms with E-state index in [1.54, 1.807) is 36.4 Å². The highest BCUT2D eigenvalue weighted by atomic mass is 32.2. The zero-order valence-electron chi connectivity index (χ0n) is 15.0. The van der Waals surface area contributed by atoms with Gasteiger partial charge in [-0.3, -0.25) is 14.4 Å². The molecule has 0 aromatic heterocycles. The van der Waals surface area contributed by atoms with Crippen molar-refractivity contribution < 1.29 is 14.4 Å². The van der Waals surface area contributed by atoms with Crippen LogP contribution in [0, 0.1) is 0 Å². The first kappa shape index (κ1) is 19.0. The van der Waals surface area contributed by atoms with E-state index in [1.807, 2.05) is 12.1 Å². The monoisotopic (exact) mass is 383 g/mol. The Bertz CT molecular complexity index is 848. The van der Waals surface area contributed by atoms with Crippen LogP contribution in [0.2, 0.25) is 0 Å². The summed E-state index contributed by atoms with van der Waals surface area (Å²) in [5.41, 5.74) is 1.71. The molecule has 2 aromatic carbocycles. The van der Waals surface area contributed by atoms with E-state index in [0.29, 0.717) is 16.9 Å². The van der Waals surface area contributed by atoms with Gasteiger partial charge < -0.3 is 16.0 Å². The van der Waals surface area contributed by atoms with Gasteiger partial charge >= 0.3 is 0 Å². The fraction of sp³-hybridized carbons (Fsp3) is 0.250. The summed E-state index contributed by atoms with van der Waals surface area (Å²) in [5, 5.41) is 8.45. The molecule has 0 spiro atoms. The Kier molecular flexibility index (Phi) is 6.13. The normalized spacial score (nSPS) is 12.9. The molecule has 0 unspecified atom stereocenters. The molecule has 6 nitrogen and oxygen atoms in total. The van der Waals surface area contributed by atoms with Crippen molar-refractivity contribution >= 4 is 40.9 Å². The van der Waals surface area contributed by atoms with Gasteiger partial charge in [0.15, 0.2) is 0 Å². The van der Waals surface area contributed by atoms with Crippen molar-refractivity contribution in [3.05, 3.63) is 54.1 Å². The van der Waals surface area contributed by atoms with E-state index in [1.165, 1.54) is 18.7 Å². The molecule has 140 valence electrons. The molecule has 0 saturated heterocycles. The van der Waals surface area contributed by atoms with Crippen molar-refractivity contribution in [2.24, 2.45) is 0 Å². The number of para-hydroxylation sites is 1. The van der Waals surface area contributed by atoms with E-state index in [2.05, 4.69) is 16.0 Å². The number of thioether (sulfide) groups is 1. The third kappa shape index (κ3) is 5.86. The molecule has 27 heavy (non-hydrogen) atoms. The van der Waals surface area contributed by atoms with Crippen molar-refractivity contribution in [3.63, 3.8) is 0 Å². The van der Waals surface area contributed by atoms with Crippen LogP contribution in [0.25, 0.3) is 0 Å². The van der Waals surface area contributed by atoms with Crippen molar-refractivity contribution in [2.45, 2.75) is 30.7 Å². The van der Waals surface area contributed by atoms with Crippen molar-refractivity contribution in [2.75, 3.05) is 16.4 Å². The van der Waals surface area contributed by atoms with Gasteiger partial charge in [-0.1, -0.05) is 12.1 Å². The largest absolute Gasteiger partial charge is 0.349 e. The lowest BCUT2D eigenvalue weighted by Gasteiger charge is -2.11. The Morgan fingerprint density at radius 3 is 2.37 bits per heavy atom. The number of hydrogen-bond acceptors (Lipinski definition) is 4. The first-order valence-corrected chi connectivity index (χ1v) is 9.70. The van der Waals surface area contributed by atoms with Crippen molar-refractivity contribution in [3.8, 4) is 0 Å². The number of hydrogen-bond donors (Lipinski definition) is 3. The maximum Gasteiger partial charge on any atom is 0.253 e. The molecule has 0 aliphatic heterocycles. The van der Waals surface area contributed by atoms with E-state index in [9.17, 15) is 14.4 Å². The molecule has 0 radical (unpaired) electrons. The van der Waals surface area contributed by atoms with Crippen LogP contribution in [0.15, 0.2) is 53.4 Å². The topological polar surface area (TPSA) is 87.3 Å². The van der Waals surface area contributed by atoms with Gasteiger partial charge in [-0.2, -0.15) is 0 Å². The molecular weight excluding hydrogens is 362 g/mol. The van der Waals surface area contributed by atoms with Gasteiger partial charge in [-0.15, -0.1) is 11.8 Å². The first-order chi connectivity index (χ1) is 13.0. The molecule has 2 aromatic rings. The molecule has 3 N–H and O–H groups in total. The maximum atomic E-state index is 12.3. The minimum atomic E-state index is -0.183. The van der Waals surface area contributed by atoms with Crippen molar-refractivity contribution in [1.29, 1.82) is 0 Å². The summed E-state index contributed by atoms with van der Waals surface area (Å²) < 4.78 is 0. The summed E-state index contributed by atoms with van der Waals surface area (Å²) in [6.07, 6.45) is 2.02. The number of amides is 3. The lowest BCUT2D eigenvalue weighted by atomic mass is 10.1. The zero-order chi connectivity index (χ0) is 19.2. The van der Waals surface area contributed by atoms with Gasteiger partial charge in [-0.25, -0.2) is 0 Å². The average Bonchev–Trinajstić information content (AvgIpc) is 3.45. The Hall–Kier alpha value is -2.80. The van der Waals surface area contributed by atoms with Crippen LogP contribution in [0.4, 0.5) is 11.4 Å². The molecule has 1 aliphatic carbocycles. The minimum absolute atomic E-state index is 0.126. The van der Waals surface area contributed by atoms with E-state index in [-0.39, 0.29) is 29.5 Å². The van der Waals surface area contributed by atoms with Crippen LogP contribution in [-0.4, -0.2) is 29.5 Å². The van der Waals surface area contributed by atoms with Crippen molar-refractivity contribution in [1.82, 2.24) is 5.32 Å². The number of anilines is 2. The molecule has 0 heterocycles. The summed E-state index contributed by atoms with van der Waals surface area (Å²) in [6.45, 7) is 1.45. The fourth-order valence-corrected chi connectivity index (χ4v) is 3.15. The number of nitrogens with one attached hydrogen (secondary N) is 3. The molecule has 1 saturated carbocycles. The van der Waals surface area contributed by atoms with Crippen LogP contribution >= 0.6 is 11.8 Å². The molecule has 1 fully saturated rings. The van der Waals surface area contributed by atoms with Gasteiger partial charge in [0.1, 0.15) is 0 Å². The second kappa shape index (κ2) is 8.73. The molecule has 7 heteroatoms. The van der Waals surface area contributed by atoms with Gasteiger partial charge in [0.25, 0.3) is 5.91 Å². The van der Waals surface area contributed by atoms with Gasteiger partial charge in [0.05, 0.1) is 17.0 Å². The average molecular weight is 383 g/mol. The van der Waals surface area contributed by atoms with Crippen LogP contribution in [0.1, 0.15) is 30.1 Å². The highest BCUT2D eigenvalue weighted by Gasteiger charge is 2.25. The summed E-state index contributed by atoms with van der Waals surface area (Å²) in [6, 6.07) is 14.5. The number of benzene rings is 2. The maximum absolute atomic E-state index is 12.3. The van der Waals surface area contributed by atoms with Gasteiger partial charge in [0.2, 0.25) is 11.8 Å². The Balaban J connectivity index is 1.55. The predicted octanol–water partition coefficient (Wildman–Crippen LogP) is 3.27. The molecular formula is C20H21N3O3S. The smallest absolute Gasteiger partial charge is 0.253 e. The van der Waals surface area contributed by atoms with Crippen LogP contribution in [0.3, 0.4) is 0 Å².